The number of fused-ring (bicyclic) bond motifs is 11. The molecule has 0 fully saturated rings. The van der Waals surface area contributed by atoms with Crippen molar-refractivity contribution < 1.29 is 0 Å². The van der Waals surface area contributed by atoms with Gasteiger partial charge in [-0.2, -0.15) is 0 Å². The molecule has 11 rings (SSSR count). The summed E-state index contributed by atoms with van der Waals surface area (Å²) in [6.07, 6.45) is 3.79. The molecule has 0 radical (unpaired) electrons. The minimum atomic E-state index is 1.12. The van der Waals surface area contributed by atoms with Crippen molar-refractivity contribution in [3.8, 4) is 11.1 Å². The lowest BCUT2D eigenvalue weighted by Crippen LogP contribution is -2.09. The predicted molar refractivity (Wildman–Crippen MR) is 223 cm³/mol. The zero-order valence-corrected chi connectivity index (χ0v) is 29.0. The van der Waals surface area contributed by atoms with E-state index < -0.39 is 0 Å². The van der Waals surface area contributed by atoms with E-state index in [1.54, 1.807) is 0 Å². The van der Waals surface area contributed by atoms with Crippen molar-refractivity contribution >= 4 is 112 Å². The second-order valence-electron chi connectivity index (χ2n) is 13.2. The van der Waals surface area contributed by atoms with Crippen LogP contribution in [0.25, 0.3) is 83.8 Å². The smallest absolute Gasteiger partial charge is 0.0476 e. The number of thiophene rings is 2. The molecule has 0 aliphatic carbocycles. The molecule has 0 saturated carbocycles. The molecule has 0 spiro atoms. The number of rotatable bonds is 4. The molecule has 0 aliphatic heterocycles. The Morgan fingerprint density at radius 1 is 0.373 bits per heavy atom. The normalized spacial score (nSPS) is 11.9. The molecule has 0 saturated heterocycles. The van der Waals surface area contributed by atoms with Crippen molar-refractivity contribution in [2.24, 2.45) is 0 Å². The Bertz CT molecular complexity index is 3000. The number of nitrogens with zero attached hydrogens (tertiary/aromatic N) is 2. The molecule has 0 unspecified atom stereocenters. The van der Waals surface area contributed by atoms with Crippen LogP contribution in [0.3, 0.4) is 0 Å². The highest BCUT2D eigenvalue weighted by Crippen LogP contribution is 2.45. The number of anilines is 3. The molecule has 0 aliphatic rings. The molecule has 11 aromatic rings. The van der Waals surface area contributed by atoms with Crippen LogP contribution in [0.4, 0.5) is 17.1 Å². The van der Waals surface area contributed by atoms with E-state index in [9.17, 15) is 0 Å². The second kappa shape index (κ2) is 11.2. The van der Waals surface area contributed by atoms with Crippen molar-refractivity contribution in [3.05, 3.63) is 170 Å². The van der Waals surface area contributed by atoms with Gasteiger partial charge in [0.25, 0.3) is 0 Å². The molecule has 0 atom stereocenters. The van der Waals surface area contributed by atoms with Gasteiger partial charge in [0.1, 0.15) is 0 Å². The number of hydrogen-bond acceptors (Lipinski definition) is 4. The molecule has 8 aromatic carbocycles. The minimum absolute atomic E-state index is 1.12. The first-order valence-electron chi connectivity index (χ1n) is 17.2. The number of hydrogen-bond donors (Lipinski definition) is 0. The summed E-state index contributed by atoms with van der Waals surface area (Å²) in [5.74, 6) is 0. The van der Waals surface area contributed by atoms with E-state index >= 15 is 0 Å². The van der Waals surface area contributed by atoms with E-state index in [0.29, 0.717) is 0 Å². The van der Waals surface area contributed by atoms with Gasteiger partial charge in [0.15, 0.2) is 0 Å². The van der Waals surface area contributed by atoms with Gasteiger partial charge in [-0.15, -0.1) is 22.7 Å². The average molecular weight is 685 g/mol. The van der Waals surface area contributed by atoms with Gasteiger partial charge in [0, 0.05) is 75.2 Å². The average Bonchev–Trinajstić information content (AvgIpc) is 3.76. The summed E-state index contributed by atoms with van der Waals surface area (Å²) in [5.41, 5.74) is 5.79. The zero-order chi connectivity index (χ0) is 33.5. The summed E-state index contributed by atoms with van der Waals surface area (Å²) < 4.78 is 5.22. The summed E-state index contributed by atoms with van der Waals surface area (Å²) in [4.78, 5) is 6.76. The number of benzene rings is 8. The van der Waals surface area contributed by atoms with Crippen molar-refractivity contribution in [2.75, 3.05) is 4.90 Å². The second-order valence-corrected chi connectivity index (χ2v) is 15.4. The summed E-state index contributed by atoms with van der Waals surface area (Å²) in [6.45, 7) is 0. The summed E-state index contributed by atoms with van der Waals surface area (Å²) in [6, 6.07) is 58.2. The summed E-state index contributed by atoms with van der Waals surface area (Å²) >= 11 is 3.75. The fourth-order valence-corrected chi connectivity index (χ4v) is 10.2. The Morgan fingerprint density at radius 3 is 1.55 bits per heavy atom. The van der Waals surface area contributed by atoms with Gasteiger partial charge in [-0.1, -0.05) is 97.1 Å². The highest BCUT2D eigenvalue weighted by atomic mass is 32.1. The molecule has 238 valence electrons. The molecule has 0 amide bonds. The van der Waals surface area contributed by atoms with Crippen LogP contribution < -0.4 is 4.90 Å². The maximum absolute atomic E-state index is 4.35. The largest absolute Gasteiger partial charge is 0.310 e. The van der Waals surface area contributed by atoms with Gasteiger partial charge < -0.3 is 4.90 Å². The predicted octanol–water partition coefficient (Wildman–Crippen LogP) is 14.4. The van der Waals surface area contributed by atoms with Gasteiger partial charge in [-0.25, -0.2) is 0 Å². The van der Waals surface area contributed by atoms with E-state index in [1.165, 1.54) is 78.4 Å². The first kappa shape index (κ1) is 28.7. The SMILES string of the molecule is c1ccc2c(c1)ccc1sc3cc(N(c4ccc(-c5ccc6ccncc6c5)cc4)c4ccc5c(c4)sc4ccc6ccccc6c45)ccc3c12. The van der Waals surface area contributed by atoms with Crippen molar-refractivity contribution in [3.63, 3.8) is 0 Å². The van der Waals surface area contributed by atoms with Crippen LogP contribution in [-0.4, -0.2) is 4.98 Å². The van der Waals surface area contributed by atoms with Crippen LogP contribution >= 0.6 is 22.7 Å². The van der Waals surface area contributed by atoms with E-state index in [2.05, 4.69) is 168 Å². The quantitative estimate of drug-likeness (QED) is 0.183. The van der Waals surface area contributed by atoms with Gasteiger partial charge in [-0.05, 0) is 98.7 Å². The highest BCUT2D eigenvalue weighted by molar-refractivity contribution is 7.26. The lowest BCUT2D eigenvalue weighted by molar-refractivity contribution is 1.30. The third-order valence-corrected chi connectivity index (χ3v) is 12.5. The Morgan fingerprint density at radius 2 is 0.922 bits per heavy atom. The van der Waals surface area contributed by atoms with Crippen LogP contribution in [0.2, 0.25) is 0 Å². The van der Waals surface area contributed by atoms with E-state index in [0.717, 1.165) is 22.4 Å². The molecular formula is C47H28N2S2. The minimum Gasteiger partial charge on any atom is -0.310 e. The zero-order valence-electron chi connectivity index (χ0n) is 27.4. The maximum Gasteiger partial charge on any atom is 0.0476 e. The van der Waals surface area contributed by atoms with Crippen LogP contribution in [0.1, 0.15) is 0 Å². The third-order valence-electron chi connectivity index (χ3n) is 10.3. The molecule has 4 heteroatoms. The van der Waals surface area contributed by atoms with E-state index in [4.69, 9.17) is 0 Å². The summed E-state index contributed by atoms with van der Waals surface area (Å²) in [5, 5.41) is 12.8. The third kappa shape index (κ3) is 4.58. The monoisotopic (exact) mass is 684 g/mol. The Hall–Kier alpha value is -6.07. The van der Waals surface area contributed by atoms with Crippen LogP contribution in [0.15, 0.2) is 170 Å². The van der Waals surface area contributed by atoms with Gasteiger partial charge in [0.05, 0.1) is 0 Å². The first-order chi connectivity index (χ1) is 25.2. The number of pyridine rings is 1. The molecule has 51 heavy (non-hydrogen) atoms. The lowest BCUT2D eigenvalue weighted by atomic mass is 10.0. The first-order valence-corrected chi connectivity index (χ1v) is 18.8. The number of aromatic nitrogens is 1. The van der Waals surface area contributed by atoms with Crippen molar-refractivity contribution in [1.82, 2.24) is 4.98 Å². The van der Waals surface area contributed by atoms with Gasteiger partial charge in [0.2, 0.25) is 0 Å². The molecule has 0 bridgehead atoms. The molecule has 0 N–H and O–H groups in total. The van der Waals surface area contributed by atoms with Crippen LogP contribution in [0, 0.1) is 0 Å². The highest BCUT2D eigenvalue weighted by Gasteiger charge is 2.18. The standard InChI is InChI=1S/C47H28N2S2/c1-3-7-38-31(5-1)13-21-42-46(38)40-19-17-36(26-44(40)50-42)49(35-15-11-29(12-16-35)33-10-9-30-23-24-48-28-34(30)25-33)37-18-20-41-45(27-37)51-43-22-14-32-6-2-4-8-39(32)47(41)43/h1-28H. The van der Waals surface area contributed by atoms with E-state index in [-0.39, 0.29) is 0 Å². The maximum atomic E-state index is 4.35. The molecule has 3 heterocycles. The molecule has 2 nitrogen and oxygen atoms in total. The Kier molecular flexibility index (Phi) is 6.32. The topological polar surface area (TPSA) is 16.1 Å². The summed E-state index contributed by atoms with van der Waals surface area (Å²) in [7, 11) is 0. The van der Waals surface area contributed by atoms with Crippen LogP contribution in [-0.2, 0) is 0 Å². The Balaban J connectivity index is 1.09. The molecule has 3 aromatic heterocycles. The van der Waals surface area contributed by atoms with Crippen molar-refractivity contribution in [2.45, 2.75) is 0 Å². The van der Waals surface area contributed by atoms with Crippen molar-refractivity contribution in [1.29, 1.82) is 0 Å². The lowest BCUT2D eigenvalue weighted by Gasteiger charge is -2.26. The van der Waals surface area contributed by atoms with Crippen LogP contribution in [0.5, 0.6) is 0 Å². The van der Waals surface area contributed by atoms with E-state index in [1.807, 2.05) is 35.1 Å². The Labute approximate surface area is 302 Å². The van der Waals surface area contributed by atoms with Gasteiger partial charge >= 0.3 is 0 Å². The fraction of sp³-hybridized carbons (Fsp3) is 0. The van der Waals surface area contributed by atoms with Gasteiger partial charge in [-0.3, -0.25) is 4.98 Å². The molecular weight excluding hydrogens is 657 g/mol. The fourth-order valence-electron chi connectivity index (χ4n) is 7.86.